The molecular formula is C19H25N5O4S. The van der Waals surface area contributed by atoms with E-state index in [-0.39, 0.29) is 4.90 Å². The maximum absolute atomic E-state index is 12.9. The van der Waals surface area contributed by atoms with Crippen molar-refractivity contribution in [3.8, 4) is 5.75 Å². The van der Waals surface area contributed by atoms with Crippen LogP contribution in [0.5, 0.6) is 5.75 Å². The van der Waals surface area contributed by atoms with Crippen molar-refractivity contribution in [2.24, 2.45) is 0 Å². The highest BCUT2D eigenvalue weighted by Gasteiger charge is 2.29. The van der Waals surface area contributed by atoms with Gasteiger partial charge >= 0.3 is 0 Å². The largest absolute Gasteiger partial charge is 0.497 e. The van der Waals surface area contributed by atoms with Crippen LogP contribution in [0, 0.1) is 0 Å². The van der Waals surface area contributed by atoms with Gasteiger partial charge in [0.25, 0.3) is 0 Å². The normalized spacial score (nSPS) is 18.7. The number of hydrogen-bond donors (Lipinski definition) is 0. The standard InChI is InChI=1S/C19H25N5O4S/c1-27-17-2-4-18(5-3-17)29(25,26)24-8-6-23(7-9-24)19-14-16(15-20-21-19)22-10-12-28-13-11-22/h2-5,14-15H,6-13H2,1H3. The fourth-order valence-electron chi connectivity index (χ4n) is 3.55. The van der Waals surface area contributed by atoms with Crippen LogP contribution >= 0.6 is 0 Å². The third kappa shape index (κ3) is 4.29. The summed E-state index contributed by atoms with van der Waals surface area (Å²) in [7, 11) is -1.97. The molecule has 4 rings (SSSR count). The fourth-order valence-corrected chi connectivity index (χ4v) is 4.97. The van der Waals surface area contributed by atoms with Gasteiger partial charge in [-0.2, -0.15) is 9.40 Å². The minimum Gasteiger partial charge on any atom is -0.497 e. The van der Waals surface area contributed by atoms with Gasteiger partial charge in [0.15, 0.2) is 5.82 Å². The molecule has 29 heavy (non-hydrogen) atoms. The molecule has 0 N–H and O–H groups in total. The van der Waals surface area contributed by atoms with Crippen LogP contribution in [0.3, 0.4) is 0 Å². The molecule has 0 spiro atoms. The van der Waals surface area contributed by atoms with E-state index in [1.165, 1.54) is 4.31 Å². The van der Waals surface area contributed by atoms with Crippen molar-refractivity contribution in [2.75, 3.05) is 69.4 Å². The summed E-state index contributed by atoms with van der Waals surface area (Å²) in [5.41, 5.74) is 1.02. The Morgan fingerprint density at radius 1 is 0.966 bits per heavy atom. The van der Waals surface area contributed by atoms with E-state index in [2.05, 4.69) is 20.0 Å². The highest BCUT2D eigenvalue weighted by Crippen LogP contribution is 2.24. The van der Waals surface area contributed by atoms with E-state index < -0.39 is 10.0 Å². The zero-order chi connectivity index (χ0) is 20.3. The molecule has 0 atom stereocenters. The van der Waals surface area contributed by atoms with E-state index >= 15 is 0 Å². The first kappa shape index (κ1) is 19.9. The SMILES string of the molecule is COc1ccc(S(=O)(=O)N2CCN(c3cc(N4CCOCC4)cnn3)CC2)cc1. The molecular weight excluding hydrogens is 394 g/mol. The predicted molar refractivity (Wildman–Crippen MR) is 109 cm³/mol. The monoisotopic (exact) mass is 419 g/mol. The number of rotatable bonds is 5. The lowest BCUT2D eigenvalue weighted by Gasteiger charge is -2.35. The highest BCUT2D eigenvalue weighted by atomic mass is 32.2. The van der Waals surface area contributed by atoms with Crippen LogP contribution in [-0.4, -0.2) is 82.5 Å². The van der Waals surface area contributed by atoms with Crippen LogP contribution in [-0.2, 0) is 14.8 Å². The van der Waals surface area contributed by atoms with Crippen molar-refractivity contribution in [3.05, 3.63) is 36.5 Å². The molecule has 0 unspecified atom stereocenters. The Morgan fingerprint density at radius 2 is 1.66 bits per heavy atom. The van der Waals surface area contributed by atoms with E-state index in [0.717, 1.165) is 24.6 Å². The Kier molecular flexibility index (Phi) is 5.84. The topological polar surface area (TPSA) is 88.1 Å². The van der Waals surface area contributed by atoms with E-state index in [1.54, 1.807) is 37.6 Å². The van der Waals surface area contributed by atoms with Crippen molar-refractivity contribution in [2.45, 2.75) is 4.90 Å². The lowest BCUT2D eigenvalue weighted by Crippen LogP contribution is -2.49. The van der Waals surface area contributed by atoms with E-state index in [9.17, 15) is 8.42 Å². The maximum atomic E-state index is 12.9. The van der Waals surface area contributed by atoms with Crippen LogP contribution in [0.4, 0.5) is 11.5 Å². The summed E-state index contributed by atoms with van der Waals surface area (Å²) >= 11 is 0. The molecule has 9 nitrogen and oxygen atoms in total. The van der Waals surface area contributed by atoms with E-state index in [4.69, 9.17) is 9.47 Å². The molecule has 0 amide bonds. The van der Waals surface area contributed by atoms with Gasteiger partial charge in [0.1, 0.15) is 5.75 Å². The minimum absolute atomic E-state index is 0.279. The molecule has 0 radical (unpaired) electrons. The van der Waals surface area contributed by atoms with Crippen LogP contribution in [0.25, 0.3) is 0 Å². The average Bonchev–Trinajstić information content (AvgIpc) is 2.80. The molecule has 2 saturated heterocycles. The molecule has 2 aliphatic heterocycles. The third-order valence-electron chi connectivity index (χ3n) is 5.26. The lowest BCUT2D eigenvalue weighted by molar-refractivity contribution is 0.122. The average molecular weight is 420 g/mol. The summed E-state index contributed by atoms with van der Waals surface area (Å²) in [6, 6.07) is 8.51. The third-order valence-corrected chi connectivity index (χ3v) is 7.18. The van der Waals surface area contributed by atoms with Crippen molar-refractivity contribution in [3.63, 3.8) is 0 Å². The number of sulfonamides is 1. The Morgan fingerprint density at radius 3 is 2.31 bits per heavy atom. The Bertz CT molecular complexity index is 924. The zero-order valence-electron chi connectivity index (χ0n) is 16.4. The van der Waals surface area contributed by atoms with Gasteiger partial charge in [0.05, 0.1) is 37.1 Å². The van der Waals surface area contributed by atoms with E-state index in [0.29, 0.717) is 45.1 Å². The summed E-state index contributed by atoms with van der Waals surface area (Å²) in [4.78, 5) is 4.59. The van der Waals surface area contributed by atoms with Crippen molar-refractivity contribution in [1.29, 1.82) is 0 Å². The summed E-state index contributed by atoms with van der Waals surface area (Å²) in [5.74, 6) is 1.41. The van der Waals surface area contributed by atoms with Gasteiger partial charge in [-0.3, -0.25) is 0 Å². The second-order valence-corrected chi connectivity index (χ2v) is 8.88. The molecule has 2 fully saturated rings. The van der Waals surface area contributed by atoms with E-state index in [1.807, 2.05) is 6.07 Å². The van der Waals surface area contributed by atoms with Crippen LogP contribution in [0.2, 0.25) is 0 Å². The fraction of sp³-hybridized carbons (Fsp3) is 0.474. The maximum Gasteiger partial charge on any atom is 0.243 e. The van der Waals surface area contributed by atoms with Crippen LogP contribution in [0.1, 0.15) is 0 Å². The van der Waals surface area contributed by atoms with Crippen molar-refractivity contribution in [1.82, 2.24) is 14.5 Å². The highest BCUT2D eigenvalue weighted by molar-refractivity contribution is 7.89. The number of nitrogens with zero attached hydrogens (tertiary/aromatic N) is 5. The quantitative estimate of drug-likeness (QED) is 0.704. The number of methoxy groups -OCH3 is 1. The first-order valence-corrected chi connectivity index (χ1v) is 11.1. The number of piperazine rings is 1. The zero-order valence-corrected chi connectivity index (χ0v) is 17.2. The molecule has 0 bridgehead atoms. The van der Waals surface area contributed by atoms with Gasteiger partial charge in [-0.15, -0.1) is 5.10 Å². The summed E-state index contributed by atoms with van der Waals surface area (Å²) < 4.78 is 37.8. The number of anilines is 2. The van der Waals surface area contributed by atoms with Crippen LogP contribution < -0.4 is 14.5 Å². The molecule has 2 aliphatic rings. The van der Waals surface area contributed by atoms with Crippen molar-refractivity contribution >= 4 is 21.5 Å². The molecule has 0 aliphatic carbocycles. The molecule has 2 aromatic rings. The number of ether oxygens (including phenoxy) is 2. The summed E-state index contributed by atoms with van der Waals surface area (Å²) in [6.07, 6.45) is 1.76. The molecule has 0 saturated carbocycles. The van der Waals surface area contributed by atoms with Gasteiger partial charge in [0, 0.05) is 45.3 Å². The van der Waals surface area contributed by atoms with Gasteiger partial charge in [0.2, 0.25) is 10.0 Å². The molecule has 156 valence electrons. The van der Waals surface area contributed by atoms with Gasteiger partial charge < -0.3 is 19.3 Å². The number of benzene rings is 1. The Balaban J connectivity index is 1.42. The Hall–Kier alpha value is -2.43. The number of aromatic nitrogens is 2. The van der Waals surface area contributed by atoms with Gasteiger partial charge in [-0.05, 0) is 24.3 Å². The van der Waals surface area contributed by atoms with Gasteiger partial charge in [-0.25, -0.2) is 8.42 Å². The first-order valence-electron chi connectivity index (χ1n) is 9.62. The predicted octanol–water partition coefficient (Wildman–Crippen LogP) is 0.833. The minimum atomic E-state index is -3.52. The molecule has 1 aromatic heterocycles. The first-order chi connectivity index (χ1) is 14.1. The smallest absolute Gasteiger partial charge is 0.243 e. The summed E-state index contributed by atoms with van der Waals surface area (Å²) in [5, 5.41) is 8.41. The van der Waals surface area contributed by atoms with Crippen LogP contribution in [0.15, 0.2) is 41.4 Å². The number of hydrogen-bond acceptors (Lipinski definition) is 8. The van der Waals surface area contributed by atoms with Gasteiger partial charge in [-0.1, -0.05) is 0 Å². The number of morpholine rings is 1. The lowest BCUT2D eigenvalue weighted by atomic mass is 10.3. The molecule has 3 heterocycles. The second kappa shape index (κ2) is 8.52. The summed E-state index contributed by atoms with van der Waals surface area (Å²) in [6.45, 7) is 5.01. The molecule has 1 aromatic carbocycles. The molecule has 10 heteroatoms. The second-order valence-electron chi connectivity index (χ2n) is 6.94. The Labute approximate surface area is 170 Å². The van der Waals surface area contributed by atoms with Crippen molar-refractivity contribution < 1.29 is 17.9 Å².